The summed E-state index contributed by atoms with van der Waals surface area (Å²) in [6.07, 6.45) is 2.39. The largest absolute Gasteiger partial charge is 0 e. The van der Waals surface area contributed by atoms with Gasteiger partial charge in [0.25, 0.3) is 0 Å². The third kappa shape index (κ3) is 15.3. The molecule has 0 fully saturated rings. The second-order valence-electron chi connectivity index (χ2n) is 4.16. The van der Waals surface area contributed by atoms with Gasteiger partial charge >= 0.3 is 39.9 Å². The van der Waals surface area contributed by atoms with Crippen LogP contribution in [0.5, 0.6) is 5.75 Å². The fourth-order valence-electron chi connectivity index (χ4n) is 1.65. The van der Waals surface area contributed by atoms with Crippen molar-refractivity contribution in [3.8, 4) is 17.6 Å². The molecule has 1 aromatic carbocycles. The van der Waals surface area contributed by atoms with Crippen LogP contribution in [-0.4, -0.2) is 13.1 Å². The number of para-hydroxylation sites is 1. The van der Waals surface area contributed by atoms with Gasteiger partial charge in [0, 0.05) is 36.3 Å². The number of hydrogen-bond donors (Lipinski definition) is 0. The maximum atomic E-state index is 11.2. The Balaban J connectivity index is -0.000000312. The molecule has 0 aromatic heterocycles. The van der Waals surface area contributed by atoms with Gasteiger partial charge in [0.05, 0.1) is 7.11 Å². The predicted molar refractivity (Wildman–Crippen MR) is 86.6 cm³/mol. The average Bonchev–Trinajstić information content (AvgIpc) is 2.68. The quantitative estimate of drug-likeness (QED) is 0.251. The van der Waals surface area contributed by atoms with Gasteiger partial charge in [-0.05, 0) is 12.5 Å². The molecule has 0 radical (unpaired) electrons. The molecule has 0 amide bonds. The van der Waals surface area contributed by atoms with Crippen molar-refractivity contribution in [1.29, 1.82) is 0 Å². The monoisotopic (exact) mass is 396 g/mol. The van der Waals surface area contributed by atoms with Crippen molar-refractivity contribution >= 4 is 5.97 Å². The van der Waals surface area contributed by atoms with Crippen LogP contribution in [-0.2, 0) is 40.8 Å². The summed E-state index contributed by atoms with van der Waals surface area (Å²) in [5.74, 6) is 6.40. The maximum absolute atomic E-state index is 11.2. The van der Waals surface area contributed by atoms with Crippen molar-refractivity contribution in [3.63, 3.8) is 0 Å². The predicted octanol–water partition coefficient (Wildman–Crippen LogP) is 3.38. The molecule has 0 N–H and O–H groups in total. The number of unbranched alkanes of at least 4 members (excludes halogenated alkanes) is 2. The first-order valence-electron chi connectivity index (χ1n) is 7.08. The number of hydrogen-bond acceptors (Lipinski definition) is 3. The van der Waals surface area contributed by atoms with Gasteiger partial charge < -0.3 is 9.47 Å². The third-order valence-corrected chi connectivity index (χ3v) is 2.59. The summed E-state index contributed by atoms with van der Waals surface area (Å²) >= 11 is 0. The molecule has 0 spiro atoms. The number of rotatable bonds is 5. The van der Waals surface area contributed by atoms with Crippen LogP contribution in [0.4, 0.5) is 0 Å². The average molecular weight is 396 g/mol. The topological polar surface area (TPSA) is 95.2 Å². The number of ether oxygens (including phenoxy) is 2. The van der Waals surface area contributed by atoms with Crippen molar-refractivity contribution in [2.75, 3.05) is 7.11 Å². The van der Waals surface area contributed by atoms with Gasteiger partial charge in [0.15, 0.2) is 6.10 Å². The molecule has 26 heavy (non-hydrogen) atoms. The van der Waals surface area contributed by atoms with E-state index in [-0.39, 0.29) is 23.3 Å². The van der Waals surface area contributed by atoms with Crippen molar-refractivity contribution in [2.24, 2.45) is 0 Å². The Morgan fingerprint density at radius 3 is 2.15 bits per heavy atom. The summed E-state index contributed by atoms with van der Waals surface area (Å²) in [6, 6.07) is 7.44. The fraction of sp³-hybridized carbons (Fsp3) is 0.368. The molecule has 0 saturated heterocycles. The summed E-state index contributed by atoms with van der Waals surface area (Å²) in [4.78, 5) is 11.2. The molecule has 0 bridgehead atoms. The van der Waals surface area contributed by atoms with E-state index in [0.29, 0.717) is 5.75 Å². The number of esters is 1. The van der Waals surface area contributed by atoms with E-state index in [1.165, 1.54) is 6.92 Å². The Hall–Kier alpha value is -2.20. The van der Waals surface area contributed by atoms with Crippen LogP contribution in [0.3, 0.4) is 0 Å². The van der Waals surface area contributed by atoms with Gasteiger partial charge in [-0.1, -0.05) is 43.4 Å². The zero-order valence-corrected chi connectivity index (χ0v) is 16.1. The summed E-state index contributed by atoms with van der Waals surface area (Å²) in [5, 5.41) is 0. The van der Waals surface area contributed by atoms with Crippen molar-refractivity contribution < 1.29 is 45.6 Å². The Labute approximate surface area is 165 Å². The minimum atomic E-state index is -0.564. The first-order chi connectivity index (χ1) is 12.2. The molecular formula is C19H20CrO6. The normalized spacial score (nSPS) is 8.35. The van der Waals surface area contributed by atoms with Crippen LogP contribution in [0.2, 0.25) is 0 Å². The molecule has 138 valence electrons. The number of carbonyl (C=O) groups is 1. The first-order valence-corrected chi connectivity index (χ1v) is 7.08. The minimum Gasteiger partial charge on any atom is 0 e. The van der Waals surface area contributed by atoms with Gasteiger partial charge in [0.1, 0.15) is 5.75 Å². The fourth-order valence-corrected chi connectivity index (χ4v) is 1.65. The molecule has 0 aliphatic rings. The number of carbonyl (C=O) groups excluding carboxylic acids is 1. The second-order valence-corrected chi connectivity index (χ2v) is 4.16. The first kappa shape index (κ1) is 31.6. The van der Waals surface area contributed by atoms with Crippen LogP contribution in [0.1, 0.15) is 44.8 Å². The molecule has 0 aliphatic carbocycles. The molecule has 7 heteroatoms. The van der Waals surface area contributed by atoms with E-state index in [2.05, 4.69) is 38.7 Å². The van der Waals surface area contributed by atoms with Crippen molar-refractivity contribution in [3.05, 3.63) is 49.8 Å². The third-order valence-electron chi connectivity index (χ3n) is 2.59. The van der Waals surface area contributed by atoms with E-state index in [1.54, 1.807) is 7.11 Å². The number of benzene rings is 1. The Morgan fingerprint density at radius 2 is 1.69 bits per heavy atom. The Morgan fingerprint density at radius 1 is 1.15 bits per heavy atom. The molecule has 0 heterocycles. The Bertz CT molecular complexity index is 581. The molecule has 6 nitrogen and oxygen atoms in total. The SMILES string of the molecule is CCCCC#CC(OC(C)=O)c1ccccc1OC.[C-]#[O+].[C-]#[O+].[C-]#[O+].[Cr]. The van der Waals surface area contributed by atoms with E-state index < -0.39 is 6.10 Å². The zero-order chi connectivity index (χ0) is 20.1. The van der Waals surface area contributed by atoms with E-state index >= 15 is 0 Å². The van der Waals surface area contributed by atoms with E-state index in [4.69, 9.17) is 23.4 Å². The molecule has 0 saturated carbocycles. The minimum absolute atomic E-state index is 0. The molecule has 1 unspecified atom stereocenters. The van der Waals surface area contributed by atoms with Crippen LogP contribution >= 0.6 is 0 Å². The van der Waals surface area contributed by atoms with Gasteiger partial charge in [0.2, 0.25) is 0 Å². The molecule has 1 aromatic rings. The molecule has 1 atom stereocenters. The Kier molecular flexibility index (Phi) is 30.4. The summed E-state index contributed by atoms with van der Waals surface area (Å²) in [5.41, 5.74) is 0.782. The molecule has 1 rings (SSSR count). The second kappa shape index (κ2) is 25.0. The van der Waals surface area contributed by atoms with Crippen molar-refractivity contribution in [1.82, 2.24) is 0 Å². The van der Waals surface area contributed by atoms with Gasteiger partial charge in [-0.2, -0.15) is 0 Å². The zero-order valence-electron chi connectivity index (χ0n) is 14.9. The maximum Gasteiger partial charge on any atom is 0 e. The van der Waals surface area contributed by atoms with Gasteiger partial charge in [-0.25, -0.2) is 0 Å². The smallest absolute Gasteiger partial charge is 0 e. The van der Waals surface area contributed by atoms with E-state index in [9.17, 15) is 4.79 Å². The van der Waals surface area contributed by atoms with Gasteiger partial charge in [-0.3, -0.25) is 4.79 Å². The van der Waals surface area contributed by atoms with E-state index in [1.807, 2.05) is 24.3 Å². The molecular weight excluding hydrogens is 376 g/mol. The summed E-state index contributed by atoms with van der Waals surface area (Å²) in [6.45, 7) is 17.0. The number of methoxy groups -OCH3 is 1. The van der Waals surface area contributed by atoms with Crippen LogP contribution in [0, 0.1) is 31.8 Å². The van der Waals surface area contributed by atoms with E-state index in [0.717, 1.165) is 24.8 Å². The van der Waals surface area contributed by atoms with Crippen LogP contribution in [0.15, 0.2) is 24.3 Å². The van der Waals surface area contributed by atoms with Crippen molar-refractivity contribution in [2.45, 2.75) is 39.2 Å². The van der Waals surface area contributed by atoms with Crippen LogP contribution < -0.4 is 4.74 Å². The van der Waals surface area contributed by atoms with Gasteiger partial charge in [-0.15, -0.1) is 0 Å². The standard InChI is InChI=1S/C16H20O3.3CO.Cr/c1-4-5-6-7-12-16(19-13(2)17)14-10-8-9-11-15(14)18-3;3*1-2;/h8-11,16H,4-6H2,1-3H3;;;;. The summed E-state index contributed by atoms with van der Waals surface area (Å²) in [7, 11) is 1.59. The molecule has 0 aliphatic heterocycles. The summed E-state index contributed by atoms with van der Waals surface area (Å²) < 4.78 is 33.0. The van der Waals surface area contributed by atoms with Crippen LogP contribution in [0.25, 0.3) is 0 Å².